The topological polar surface area (TPSA) is 81.7 Å². The molecular weight excluding hydrogens is 428 g/mol. The van der Waals surface area contributed by atoms with E-state index in [1.807, 2.05) is 48.5 Å². The second-order valence-electron chi connectivity index (χ2n) is 8.48. The van der Waals surface area contributed by atoms with Crippen molar-refractivity contribution in [1.29, 1.82) is 0 Å². The Labute approximate surface area is 193 Å². The SMILES string of the molecule is COc1ccc(COC[C@H](OCc2ccc(OC)cc2)[C@@H]2OC(=O)[C@@H]3OC(C)(C)O[C@H]23)cc1. The molecule has 0 amide bonds. The second-order valence-corrected chi connectivity index (χ2v) is 8.48. The molecule has 0 aliphatic carbocycles. The van der Waals surface area contributed by atoms with E-state index in [1.54, 1.807) is 28.1 Å². The Morgan fingerprint density at radius 3 is 2.03 bits per heavy atom. The first-order valence-electron chi connectivity index (χ1n) is 10.9. The second kappa shape index (κ2) is 10.1. The van der Waals surface area contributed by atoms with Crippen LogP contribution in [0.15, 0.2) is 48.5 Å². The van der Waals surface area contributed by atoms with Gasteiger partial charge in [-0.15, -0.1) is 0 Å². The van der Waals surface area contributed by atoms with E-state index in [9.17, 15) is 4.79 Å². The lowest BCUT2D eigenvalue weighted by molar-refractivity contribution is -0.200. The molecule has 4 atom stereocenters. The van der Waals surface area contributed by atoms with Gasteiger partial charge in [0, 0.05) is 0 Å². The molecule has 0 saturated carbocycles. The van der Waals surface area contributed by atoms with Crippen LogP contribution in [0.25, 0.3) is 0 Å². The molecule has 2 heterocycles. The predicted molar refractivity (Wildman–Crippen MR) is 118 cm³/mol. The molecular formula is C25H30O8. The van der Waals surface area contributed by atoms with Gasteiger partial charge in [0.15, 0.2) is 18.0 Å². The maximum atomic E-state index is 12.4. The number of fused-ring (bicyclic) bond motifs is 1. The summed E-state index contributed by atoms with van der Waals surface area (Å²) in [5.41, 5.74) is 1.95. The molecule has 2 aliphatic heterocycles. The van der Waals surface area contributed by atoms with Gasteiger partial charge in [0.2, 0.25) is 0 Å². The zero-order chi connectivity index (χ0) is 23.4. The first-order chi connectivity index (χ1) is 15.9. The minimum absolute atomic E-state index is 0.215. The van der Waals surface area contributed by atoms with E-state index in [0.29, 0.717) is 13.2 Å². The average Bonchev–Trinajstić information content (AvgIpc) is 3.30. The lowest BCUT2D eigenvalue weighted by atomic mass is 10.1. The lowest BCUT2D eigenvalue weighted by Crippen LogP contribution is -2.42. The first kappa shape index (κ1) is 23.5. The number of ether oxygens (including phenoxy) is 7. The molecule has 0 N–H and O–H groups in total. The van der Waals surface area contributed by atoms with Gasteiger partial charge in [-0.2, -0.15) is 0 Å². The smallest absolute Gasteiger partial charge is 0.338 e. The number of methoxy groups -OCH3 is 2. The third-order valence-corrected chi connectivity index (χ3v) is 5.64. The molecule has 0 spiro atoms. The molecule has 178 valence electrons. The fraction of sp³-hybridized carbons (Fsp3) is 0.480. The highest BCUT2D eigenvalue weighted by Gasteiger charge is 2.58. The van der Waals surface area contributed by atoms with Crippen molar-refractivity contribution in [2.75, 3.05) is 20.8 Å². The van der Waals surface area contributed by atoms with Gasteiger partial charge < -0.3 is 33.2 Å². The predicted octanol–water partition coefficient (Wildman–Crippen LogP) is 3.25. The van der Waals surface area contributed by atoms with E-state index >= 15 is 0 Å². The molecule has 4 rings (SSSR count). The molecule has 2 aliphatic rings. The van der Waals surface area contributed by atoms with Crippen molar-refractivity contribution < 1.29 is 38.0 Å². The highest BCUT2D eigenvalue weighted by Crippen LogP contribution is 2.38. The standard InChI is InChI=1S/C25H30O8/c1-25(2)32-22-21(31-24(26)23(22)33-25)20(30-14-17-7-11-19(28-4)12-8-17)15-29-13-16-5-9-18(27-3)10-6-16/h5-12,20-23H,13-15H2,1-4H3/t20-,21-,22+,23+/m0/s1. The summed E-state index contributed by atoms with van der Waals surface area (Å²) in [7, 11) is 3.25. The van der Waals surface area contributed by atoms with Crippen molar-refractivity contribution in [1.82, 2.24) is 0 Å². The summed E-state index contributed by atoms with van der Waals surface area (Å²) in [6.07, 6.45) is -2.50. The summed E-state index contributed by atoms with van der Waals surface area (Å²) in [4.78, 5) is 12.4. The number of hydrogen-bond donors (Lipinski definition) is 0. The quantitative estimate of drug-likeness (QED) is 0.502. The summed E-state index contributed by atoms with van der Waals surface area (Å²) >= 11 is 0. The van der Waals surface area contributed by atoms with Gasteiger partial charge in [-0.3, -0.25) is 0 Å². The maximum Gasteiger partial charge on any atom is 0.338 e. The van der Waals surface area contributed by atoms with Crippen LogP contribution in [0.4, 0.5) is 0 Å². The normalized spacial score (nSPS) is 24.2. The van der Waals surface area contributed by atoms with Gasteiger partial charge in [0.25, 0.3) is 0 Å². The van der Waals surface area contributed by atoms with Crippen molar-refractivity contribution in [3.8, 4) is 11.5 Å². The monoisotopic (exact) mass is 458 g/mol. The van der Waals surface area contributed by atoms with Gasteiger partial charge in [-0.25, -0.2) is 4.79 Å². The van der Waals surface area contributed by atoms with Crippen LogP contribution < -0.4 is 9.47 Å². The third-order valence-electron chi connectivity index (χ3n) is 5.64. The third kappa shape index (κ3) is 5.65. The van der Waals surface area contributed by atoms with Crippen LogP contribution in [0.3, 0.4) is 0 Å². The summed E-state index contributed by atoms with van der Waals surface area (Å²) < 4.78 is 39.9. The van der Waals surface area contributed by atoms with Crippen molar-refractivity contribution in [2.45, 2.75) is 57.3 Å². The number of esters is 1. The van der Waals surface area contributed by atoms with Crippen LogP contribution in [-0.4, -0.2) is 57.0 Å². The fourth-order valence-corrected chi connectivity index (χ4v) is 3.94. The molecule has 8 nitrogen and oxygen atoms in total. The summed E-state index contributed by atoms with van der Waals surface area (Å²) in [5.74, 6) is 0.245. The molecule has 2 aromatic rings. The van der Waals surface area contributed by atoms with Gasteiger partial charge in [0.05, 0.1) is 34.0 Å². The van der Waals surface area contributed by atoms with Crippen LogP contribution >= 0.6 is 0 Å². The summed E-state index contributed by atoms with van der Waals surface area (Å²) in [5, 5.41) is 0. The molecule has 2 saturated heterocycles. The number of rotatable bonds is 10. The number of carbonyl (C=O) groups excluding carboxylic acids is 1. The molecule has 33 heavy (non-hydrogen) atoms. The first-order valence-corrected chi connectivity index (χ1v) is 10.9. The van der Waals surface area contributed by atoms with Crippen molar-refractivity contribution in [3.05, 3.63) is 59.7 Å². The van der Waals surface area contributed by atoms with E-state index < -0.39 is 36.2 Å². The Morgan fingerprint density at radius 2 is 1.45 bits per heavy atom. The Bertz CT molecular complexity index is 924. The summed E-state index contributed by atoms with van der Waals surface area (Å²) in [6, 6.07) is 15.2. The Kier molecular flexibility index (Phi) is 7.19. The maximum absolute atomic E-state index is 12.4. The average molecular weight is 459 g/mol. The zero-order valence-corrected chi connectivity index (χ0v) is 19.3. The Balaban J connectivity index is 1.43. The molecule has 0 radical (unpaired) electrons. The van der Waals surface area contributed by atoms with Gasteiger partial charge in [-0.05, 0) is 49.2 Å². The van der Waals surface area contributed by atoms with E-state index in [4.69, 9.17) is 33.2 Å². The zero-order valence-electron chi connectivity index (χ0n) is 19.3. The molecule has 2 fully saturated rings. The van der Waals surface area contributed by atoms with Gasteiger partial charge in [-0.1, -0.05) is 24.3 Å². The fourth-order valence-electron chi connectivity index (χ4n) is 3.94. The minimum Gasteiger partial charge on any atom is -0.497 e. The number of cyclic esters (lactones) is 1. The van der Waals surface area contributed by atoms with Crippen LogP contribution in [0.5, 0.6) is 11.5 Å². The number of hydrogen-bond acceptors (Lipinski definition) is 8. The molecule has 2 aromatic carbocycles. The lowest BCUT2D eigenvalue weighted by Gasteiger charge is -2.27. The van der Waals surface area contributed by atoms with Crippen LogP contribution in [-0.2, 0) is 41.7 Å². The Morgan fingerprint density at radius 1 is 0.879 bits per heavy atom. The highest BCUT2D eigenvalue weighted by atomic mass is 16.8. The largest absolute Gasteiger partial charge is 0.497 e. The molecule has 8 heteroatoms. The van der Waals surface area contributed by atoms with Crippen molar-refractivity contribution >= 4 is 5.97 Å². The van der Waals surface area contributed by atoms with E-state index in [1.165, 1.54) is 0 Å². The van der Waals surface area contributed by atoms with Crippen LogP contribution in [0.2, 0.25) is 0 Å². The molecule has 0 unspecified atom stereocenters. The number of benzene rings is 2. The van der Waals surface area contributed by atoms with Crippen molar-refractivity contribution in [3.63, 3.8) is 0 Å². The van der Waals surface area contributed by atoms with Crippen LogP contribution in [0, 0.1) is 0 Å². The number of carbonyl (C=O) groups is 1. The van der Waals surface area contributed by atoms with E-state index in [2.05, 4.69) is 0 Å². The van der Waals surface area contributed by atoms with Crippen molar-refractivity contribution in [2.24, 2.45) is 0 Å². The van der Waals surface area contributed by atoms with Crippen LogP contribution in [0.1, 0.15) is 25.0 Å². The van der Waals surface area contributed by atoms with E-state index in [-0.39, 0.29) is 6.61 Å². The Hall–Kier alpha value is -2.65. The van der Waals surface area contributed by atoms with Gasteiger partial charge in [0.1, 0.15) is 23.7 Å². The molecule has 0 aromatic heterocycles. The van der Waals surface area contributed by atoms with E-state index in [0.717, 1.165) is 22.6 Å². The molecule has 0 bridgehead atoms. The highest BCUT2D eigenvalue weighted by molar-refractivity contribution is 5.78. The minimum atomic E-state index is -0.864. The summed E-state index contributed by atoms with van der Waals surface area (Å²) in [6.45, 7) is 4.47. The van der Waals surface area contributed by atoms with Gasteiger partial charge >= 0.3 is 5.97 Å².